The van der Waals surface area contributed by atoms with Crippen molar-refractivity contribution in [3.63, 3.8) is 0 Å². The molecular formula is C15H18N4O. The minimum Gasteiger partial charge on any atom is -0.354 e. The topological polar surface area (TPSA) is 65.5 Å². The highest BCUT2D eigenvalue weighted by molar-refractivity contribution is 5.95. The van der Waals surface area contributed by atoms with E-state index >= 15 is 0 Å². The average Bonchev–Trinajstić information content (AvgIpc) is 3.27. The van der Waals surface area contributed by atoms with Crippen LogP contribution in [0.1, 0.15) is 18.4 Å². The van der Waals surface area contributed by atoms with Crippen LogP contribution in [0, 0.1) is 12.3 Å². The summed E-state index contributed by atoms with van der Waals surface area (Å²) in [5.74, 6) is 3.04. The van der Waals surface area contributed by atoms with E-state index in [2.05, 4.69) is 26.9 Å². The van der Waals surface area contributed by atoms with Gasteiger partial charge in [-0.3, -0.25) is 9.79 Å². The summed E-state index contributed by atoms with van der Waals surface area (Å²) in [5.41, 5.74) is 1.43. The number of hydrogen-bond acceptors (Lipinski definition) is 2. The molecule has 1 amide bonds. The van der Waals surface area contributed by atoms with Gasteiger partial charge in [-0.25, -0.2) is 0 Å². The van der Waals surface area contributed by atoms with Gasteiger partial charge in [-0.05, 0) is 31.0 Å². The van der Waals surface area contributed by atoms with Crippen molar-refractivity contribution in [3.05, 3.63) is 29.8 Å². The van der Waals surface area contributed by atoms with E-state index in [0.29, 0.717) is 17.7 Å². The molecule has 0 aliphatic heterocycles. The second-order valence-electron chi connectivity index (χ2n) is 4.62. The molecule has 0 bridgehead atoms. The van der Waals surface area contributed by atoms with Gasteiger partial charge in [0.25, 0.3) is 0 Å². The summed E-state index contributed by atoms with van der Waals surface area (Å²) in [5, 5.41) is 8.97. The summed E-state index contributed by atoms with van der Waals surface area (Å²) in [6.45, 7) is 0.159. The quantitative estimate of drug-likeness (QED) is 0.433. The van der Waals surface area contributed by atoms with Crippen LogP contribution < -0.4 is 16.0 Å². The molecular weight excluding hydrogens is 252 g/mol. The number of carbonyl (C=O) groups excluding carboxylic acids is 1. The molecule has 1 saturated carbocycles. The summed E-state index contributed by atoms with van der Waals surface area (Å²) in [6.07, 6.45) is 7.64. The van der Waals surface area contributed by atoms with E-state index in [1.807, 2.05) is 12.1 Å². The lowest BCUT2D eigenvalue weighted by Crippen LogP contribution is -2.42. The SMILES string of the molecule is C#Cc1cccc(NC(=O)CNC(=NC)NC2CC2)c1. The van der Waals surface area contributed by atoms with Gasteiger partial charge in [-0.2, -0.15) is 0 Å². The van der Waals surface area contributed by atoms with E-state index in [0.717, 1.165) is 18.4 Å². The number of aliphatic imine (C=N–C) groups is 1. The molecule has 2 rings (SSSR count). The molecule has 0 saturated heterocycles. The van der Waals surface area contributed by atoms with Crippen LogP contribution in [-0.2, 0) is 4.79 Å². The smallest absolute Gasteiger partial charge is 0.243 e. The Kier molecular flexibility index (Phi) is 4.61. The van der Waals surface area contributed by atoms with Crippen molar-refractivity contribution in [2.24, 2.45) is 4.99 Å². The maximum Gasteiger partial charge on any atom is 0.243 e. The second-order valence-corrected chi connectivity index (χ2v) is 4.62. The van der Waals surface area contributed by atoms with Crippen molar-refractivity contribution >= 4 is 17.6 Å². The average molecular weight is 270 g/mol. The van der Waals surface area contributed by atoms with Crippen LogP contribution >= 0.6 is 0 Å². The fourth-order valence-electron chi connectivity index (χ4n) is 1.67. The van der Waals surface area contributed by atoms with Crippen molar-refractivity contribution in [3.8, 4) is 12.3 Å². The van der Waals surface area contributed by atoms with Gasteiger partial charge in [0.1, 0.15) is 0 Å². The fraction of sp³-hybridized carbons (Fsp3) is 0.333. The predicted molar refractivity (Wildman–Crippen MR) is 80.5 cm³/mol. The standard InChI is InChI=1S/C15H18N4O/c1-3-11-5-4-6-13(9-11)18-14(20)10-17-15(16-2)19-12-7-8-12/h1,4-6,9,12H,7-8,10H2,2H3,(H,18,20)(H2,16,17,19). The monoisotopic (exact) mass is 270 g/mol. The Morgan fingerprint density at radius 2 is 2.30 bits per heavy atom. The number of nitrogens with one attached hydrogen (secondary N) is 3. The molecule has 3 N–H and O–H groups in total. The number of benzene rings is 1. The molecule has 0 unspecified atom stereocenters. The third-order valence-corrected chi connectivity index (χ3v) is 2.87. The maximum atomic E-state index is 11.8. The minimum atomic E-state index is -0.141. The van der Waals surface area contributed by atoms with Crippen molar-refractivity contribution in [2.75, 3.05) is 18.9 Å². The van der Waals surface area contributed by atoms with Crippen molar-refractivity contribution in [2.45, 2.75) is 18.9 Å². The lowest BCUT2D eigenvalue weighted by Gasteiger charge is -2.11. The molecule has 0 heterocycles. The number of terminal acetylenes is 1. The number of hydrogen-bond donors (Lipinski definition) is 3. The molecule has 20 heavy (non-hydrogen) atoms. The number of rotatable bonds is 4. The van der Waals surface area contributed by atoms with Crippen molar-refractivity contribution in [1.82, 2.24) is 10.6 Å². The first-order valence-corrected chi connectivity index (χ1v) is 6.55. The van der Waals surface area contributed by atoms with Crippen LogP contribution in [0.4, 0.5) is 5.69 Å². The van der Waals surface area contributed by atoms with Gasteiger partial charge in [0.15, 0.2) is 5.96 Å². The first-order chi connectivity index (χ1) is 9.71. The minimum absolute atomic E-state index is 0.141. The Balaban J connectivity index is 1.80. The van der Waals surface area contributed by atoms with Gasteiger partial charge < -0.3 is 16.0 Å². The number of guanidine groups is 1. The van der Waals surface area contributed by atoms with Gasteiger partial charge in [-0.1, -0.05) is 12.0 Å². The van der Waals surface area contributed by atoms with E-state index < -0.39 is 0 Å². The maximum absolute atomic E-state index is 11.8. The largest absolute Gasteiger partial charge is 0.354 e. The molecule has 1 fully saturated rings. The highest BCUT2D eigenvalue weighted by atomic mass is 16.1. The molecule has 1 aromatic carbocycles. The van der Waals surface area contributed by atoms with E-state index in [-0.39, 0.29) is 12.5 Å². The zero-order chi connectivity index (χ0) is 14.4. The van der Waals surface area contributed by atoms with Crippen LogP contribution in [0.5, 0.6) is 0 Å². The third-order valence-electron chi connectivity index (χ3n) is 2.87. The van der Waals surface area contributed by atoms with Gasteiger partial charge >= 0.3 is 0 Å². The zero-order valence-electron chi connectivity index (χ0n) is 11.4. The Bertz CT molecular complexity index is 555. The zero-order valence-corrected chi connectivity index (χ0v) is 11.4. The fourth-order valence-corrected chi connectivity index (χ4v) is 1.67. The molecule has 104 valence electrons. The van der Waals surface area contributed by atoms with E-state index in [1.165, 1.54) is 0 Å². The van der Waals surface area contributed by atoms with Crippen LogP contribution in [-0.4, -0.2) is 31.5 Å². The molecule has 1 aliphatic rings. The van der Waals surface area contributed by atoms with Crippen molar-refractivity contribution in [1.29, 1.82) is 0 Å². The lowest BCUT2D eigenvalue weighted by molar-refractivity contribution is -0.115. The van der Waals surface area contributed by atoms with Crippen molar-refractivity contribution < 1.29 is 4.79 Å². The first kappa shape index (κ1) is 13.9. The molecule has 1 aromatic rings. The molecule has 1 aliphatic carbocycles. The van der Waals surface area contributed by atoms with Crippen LogP contribution in [0.3, 0.4) is 0 Å². The number of amides is 1. The summed E-state index contributed by atoms with van der Waals surface area (Å²) in [7, 11) is 1.69. The number of nitrogens with zero attached hydrogens (tertiary/aromatic N) is 1. The number of carbonyl (C=O) groups is 1. The molecule has 0 atom stereocenters. The van der Waals surface area contributed by atoms with Gasteiger partial charge in [0, 0.05) is 24.3 Å². The summed E-state index contributed by atoms with van der Waals surface area (Å²) in [6, 6.07) is 7.68. The van der Waals surface area contributed by atoms with E-state index in [1.54, 1.807) is 19.2 Å². The predicted octanol–water partition coefficient (Wildman–Crippen LogP) is 0.934. The Morgan fingerprint density at radius 1 is 1.50 bits per heavy atom. The second kappa shape index (κ2) is 6.62. The van der Waals surface area contributed by atoms with Crippen LogP contribution in [0.2, 0.25) is 0 Å². The normalized spacial score (nSPS) is 14.3. The van der Waals surface area contributed by atoms with Gasteiger partial charge in [-0.15, -0.1) is 6.42 Å². The van der Waals surface area contributed by atoms with Crippen LogP contribution in [0.25, 0.3) is 0 Å². The number of anilines is 1. The highest BCUT2D eigenvalue weighted by Crippen LogP contribution is 2.18. The first-order valence-electron chi connectivity index (χ1n) is 6.55. The molecule has 0 aromatic heterocycles. The van der Waals surface area contributed by atoms with Gasteiger partial charge in [0.2, 0.25) is 5.91 Å². The molecule has 0 radical (unpaired) electrons. The third kappa shape index (κ3) is 4.32. The van der Waals surface area contributed by atoms with E-state index in [9.17, 15) is 4.79 Å². The Labute approximate surface area is 118 Å². The summed E-state index contributed by atoms with van der Waals surface area (Å²) in [4.78, 5) is 15.9. The van der Waals surface area contributed by atoms with E-state index in [4.69, 9.17) is 6.42 Å². The Morgan fingerprint density at radius 3 is 2.95 bits per heavy atom. The lowest BCUT2D eigenvalue weighted by atomic mass is 10.2. The molecule has 0 spiro atoms. The molecule has 5 heteroatoms. The highest BCUT2D eigenvalue weighted by Gasteiger charge is 2.22. The Hall–Kier alpha value is -2.48. The molecule has 5 nitrogen and oxygen atoms in total. The summed E-state index contributed by atoms with van der Waals surface area (Å²) >= 11 is 0. The van der Waals surface area contributed by atoms with Crippen LogP contribution in [0.15, 0.2) is 29.3 Å². The van der Waals surface area contributed by atoms with Gasteiger partial charge in [0.05, 0.1) is 6.54 Å². The summed E-state index contributed by atoms with van der Waals surface area (Å²) < 4.78 is 0.